The van der Waals surface area contributed by atoms with Crippen LogP contribution in [0.4, 0.5) is 0 Å². The van der Waals surface area contributed by atoms with Crippen LogP contribution in [0.2, 0.25) is 0 Å². The first-order valence-electron chi connectivity index (χ1n) is 12.8. The molecule has 1 amide bonds. The fourth-order valence-electron chi connectivity index (χ4n) is 5.62. The number of aliphatic hydroxyl groups excluding tert-OH is 1. The van der Waals surface area contributed by atoms with Crippen molar-refractivity contribution in [2.75, 3.05) is 13.2 Å². The molecular formula is C21H30N6O10P2S2. The number of nitrogens with two attached hydrogens (primary N) is 1. The van der Waals surface area contributed by atoms with Gasteiger partial charge in [-0.1, -0.05) is 18.3 Å². The van der Waals surface area contributed by atoms with Crippen molar-refractivity contribution >= 4 is 43.5 Å². The van der Waals surface area contributed by atoms with Gasteiger partial charge in [0.2, 0.25) is 11.8 Å². The molecule has 2 bridgehead atoms. The van der Waals surface area contributed by atoms with E-state index in [1.165, 1.54) is 6.33 Å². The van der Waals surface area contributed by atoms with Crippen molar-refractivity contribution in [3.05, 3.63) is 30.9 Å². The standard InChI is InChI=1S/C21H30N6O10P2S2/c22-21-25-18-12(19(29)26-21)2-4-27(18)20-17-16(28)14(35-20)8-33-38(30,40)36-13-6-11(34-15-1-3-23-9-24-15)5-10(13)7-32-39(31,41)37-17/h1-4,9-14,16-18,20-21,25,28H,5-8,22H2,(H,26,29)(H,30,40)(H,31,41)/t10-,11-,12?,13+,14-,16-,17-,18?,20-,21?,38?,39?/m1/s1. The van der Waals surface area contributed by atoms with E-state index in [4.69, 9.17) is 45.1 Å². The monoisotopic (exact) mass is 652 g/mol. The fraction of sp³-hybridized carbons (Fsp3) is 0.667. The number of ether oxygens (including phenoxy) is 2. The molecule has 0 aromatic carbocycles. The number of rotatable bonds is 3. The van der Waals surface area contributed by atoms with Crippen molar-refractivity contribution in [1.82, 2.24) is 25.5 Å². The highest BCUT2D eigenvalue weighted by atomic mass is 32.7. The van der Waals surface area contributed by atoms with E-state index in [1.54, 1.807) is 29.4 Å². The summed E-state index contributed by atoms with van der Waals surface area (Å²) in [5, 5.41) is 16.8. The van der Waals surface area contributed by atoms with Gasteiger partial charge in [-0.05, 0) is 18.2 Å². The molecular weight excluding hydrogens is 622 g/mol. The van der Waals surface area contributed by atoms with Crippen LogP contribution in [0.5, 0.6) is 5.88 Å². The Morgan fingerprint density at radius 3 is 2.85 bits per heavy atom. The number of amides is 1. The van der Waals surface area contributed by atoms with E-state index >= 15 is 0 Å². The SMILES string of the molecule is NC1NC(=O)C2C=CN([C@@H]3O[C@@H]4COP(O)(=S)O[C@H]5C[C@H](Oc6ccncn6)C[C@@H]5COP(=O)(S)O[C@@H]3[C@@H]4O)C2N1. The Kier molecular flexibility index (Phi) is 8.50. The lowest BCUT2D eigenvalue weighted by molar-refractivity contribution is -0.135. The molecule has 41 heavy (non-hydrogen) atoms. The molecule has 226 valence electrons. The minimum absolute atomic E-state index is 0.146. The number of aromatic nitrogens is 2. The molecule has 1 aromatic rings. The van der Waals surface area contributed by atoms with E-state index in [-0.39, 0.29) is 25.2 Å². The zero-order valence-corrected chi connectivity index (χ0v) is 24.8. The zero-order valence-electron chi connectivity index (χ0n) is 21.3. The number of hydrogen-bond donors (Lipinski definition) is 6. The lowest BCUT2D eigenvalue weighted by Gasteiger charge is -2.40. The molecule has 20 heteroatoms. The van der Waals surface area contributed by atoms with Crippen LogP contribution >= 0.6 is 25.8 Å². The Bertz CT molecular complexity index is 1270. The number of carbonyl (C=O) groups excluding carboxylic acids is 1. The van der Waals surface area contributed by atoms with Crippen LogP contribution < -0.4 is 21.1 Å². The van der Waals surface area contributed by atoms with Gasteiger partial charge in [0.05, 0.1) is 31.4 Å². The molecule has 5 aliphatic rings. The average molecular weight is 653 g/mol. The maximum atomic E-state index is 13.5. The van der Waals surface area contributed by atoms with Gasteiger partial charge in [-0.3, -0.25) is 20.4 Å². The summed E-state index contributed by atoms with van der Waals surface area (Å²) in [5.74, 6) is -0.967. The van der Waals surface area contributed by atoms with Crippen LogP contribution in [0.3, 0.4) is 0 Å². The molecule has 1 aromatic heterocycles. The zero-order chi connectivity index (χ0) is 28.9. The predicted molar refractivity (Wildman–Crippen MR) is 146 cm³/mol. The summed E-state index contributed by atoms with van der Waals surface area (Å²) < 4.78 is 48.4. The van der Waals surface area contributed by atoms with Crippen molar-refractivity contribution in [3.63, 3.8) is 0 Å². The molecule has 6 N–H and O–H groups in total. The second-order valence-corrected chi connectivity index (χ2v) is 15.9. The van der Waals surface area contributed by atoms with Gasteiger partial charge in [0.1, 0.15) is 37.0 Å². The van der Waals surface area contributed by atoms with Gasteiger partial charge in [0.25, 0.3) is 0 Å². The molecule has 12 atom stereocenters. The van der Waals surface area contributed by atoms with Gasteiger partial charge < -0.3 is 43.3 Å². The number of nitrogens with zero attached hydrogens (tertiary/aromatic N) is 3. The first kappa shape index (κ1) is 29.8. The normalized spacial score (nSPS) is 46.5. The van der Waals surface area contributed by atoms with E-state index in [9.17, 15) is 19.4 Å². The molecule has 4 fully saturated rings. The average Bonchev–Trinajstić information content (AvgIpc) is 3.57. The van der Waals surface area contributed by atoms with Crippen LogP contribution in [-0.4, -0.2) is 93.2 Å². The Morgan fingerprint density at radius 2 is 2.07 bits per heavy atom. The van der Waals surface area contributed by atoms with Gasteiger partial charge >= 0.3 is 13.5 Å². The number of aliphatic hydroxyl groups is 1. The molecule has 6 rings (SSSR count). The smallest absolute Gasteiger partial charge is 0.386 e. The van der Waals surface area contributed by atoms with Crippen LogP contribution in [0.25, 0.3) is 0 Å². The minimum atomic E-state index is -4.10. The summed E-state index contributed by atoms with van der Waals surface area (Å²) in [6, 6.07) is 1.61. The van der Waals surface area contributed by atoms with Crippen LogP contribution in [0.1, 0.15) is 12.8 Å². The Balaban J connectivity index is 1.22. The minimum Gasteiger partial charge on any atom is -0.474 e. The van der Waals surface area contributed by atoms with Crippen LogP contribution in [0, 0.1) is 11.8 Å². The molecule has 1 saturated carbocycles. The molecule has 16 nitrogen and oxygen atoms in total. The van der Waals surface area contributed by atoms with E-state index in [0.717, 1.165) is 0 Å². The topological polar surface area (TPSA) is 209 Å². The molecule has 5 heterocycles. The molecule has 0 spiro atoms. The largest absolute Gasteiger partial charge is 0.474 e. The quantitative estimate of drug-likeness (QED) is 0.180. The molecule has 3 saturated heterocycles. The highest BCUT2D eigenvalue weighted by Gasteiger charge is 2.54. The van der Waals surface area contributed by atoms with E-state index in [1.807, 2.05) is 0 Å². The first-order valence-corrected chi connectivity index (χ1v) is 18.1. The molecule has 0 radical (unpaired) electrons. The maximum absolute atomic E-state index is 13.5. The number of hydrogen-bond acceptors (Lipinski definition) is 15. The first-order chi connectivity index (χ1) is 19.5. The summed E-state index contributed by atoms with van der Waals surface area (Å²) >= 11 is 9.45. The summed E-state index contributed by atoms with van der Waals surface area (Å²) in [6.07, 6.45) is -0.447. The maximum Gasteiger partial charge on any atom is 0.386 e. The summed E-state index contributed by atoms with van der Waals surface area (Å²) in [4.78, 5) is 32.9. The van der Waals surface area contributed by atoms with Gasteiger partial charge in [-0.25, -0.2) is 14.5 Å². The second-order valence-electron chi connectivity index (χ2n) is 10.2. The molecule has 4 aliphatic heterocycles. The summed E-state index contributed by atoms with van der Waals surface area (Å²) in [7, 11) is 0. The van der Waals surface area contributed by atoms with Crippen molar-refractivity contribution in [2.45, 2.75) is 62.0 Å². The van der Waals surface area contributed by atoms with Gasteiger partial charge in [-0.15, -0.1) is 0 Å². The Labute approximate surface area is 245 Å². The second kappa shape index (κ2) is 11.7. The number of carbonyl (C=O) groups is 1. The highest BCUT2D eigenvalue weighted by molar-refractivity contribution is 8.44. The van der Waals surface area contributed by atoms with Crippen LogP contribution in [-0.2, 0) is 44.0 Å². The third kappa shape index (κ3) is 6.50. The molecule has 5 unspecified atom stereocenters. The lowest BCUT2D eigenvalue weighted by Crippen LogP contribution is -2.68. The van der Waals surface area contributed by atoms with E-state index < -0.39 is 68.5 Å². The van der Waals surface area contributed by atoms with E-state index in [0.29, 0.717) is 18.7 Å². The van der Waals surface area contributed by atoms with Crippen molar-refractivity contribution < 1.29 is 46.9 Å². The Morgan fingerprint density at radius 1 is 1.24 bits per heavy atom. The third-order valence-corrected chi connectivity index (χ3v) is 10.7. The van der Waals surface area contributed by atoms with Crippen molar-refractivity contribution in [1.29, 1.82) is 0 Å². The lowest BCUT2D eigenvalue weighted by atomic mass is 10.0. The van der Waals surface area contributed by atoms with Crippen molar-refractivity contribution in [2.24, 2.45) is 17.6 Å². The van der Waals surface area contributed by atoms with E-state index in [2.05, 4.69) is 32.9 Å². The van der Waals surface area contributed by atoms with Crippen molar-refractivity contribution in [3.8, 4) is 5.88 Å². The Hall–Kier alpha value is -1.24. The number of thiol groups is 1. The summed E-state index contributed by atoms with van der Waals surface area (Å²) in [6.45, 7) is -8.45. The summed E-state index contributed by atoms with van der Waals surface area (Å²) in [5.41, 5.74) is 5.90. The third-order valence-electron chi connectivity index (χ3n) is 7.49. The predicted octanol–water partition coefficient (Wildman–Crippen LogP) is -0.475. The fourth-order valence-corrected chi connectivity index (χ4v) is 8.64. The van der Waals surface area contributed by atoms with Crippen LogP contribution in [0.15, 0.2) is 30.9 Å². The highest BCUT2D eigenvalue weighted by Crippen LogP contribution is 2.58. The molecule has 1 aliphatic carbocycles. The van der Waals surface area contributed by atoms with Gasteiger partial charge in [0, 0.05) is 30.8 Å². The number of nitrogens with one attached hydrogen (secondary N) is 2. The number of fused-ring (bicyclic) bond motifs is 4. The van der Waals surface area contributed by atoms with Gasteiger partial charge in [-0.2, -0.15) is 0 Å². The van der Waals surface area contributed by atoms with Gasteiger partial charge in [0.15, 0.2) is 6.23 Å².